The van der Waals surface area contributed by atoms with E-state index < -0.39 is 5.97 Å². The number of benzene rings is 1. The second-order valence-corrected chi connectivity index (χ2v) is 5.09. The number of aryl methyl sites for hydroxylation is 1. The van der Waals surface area contributed by atoms with Crippen molar-refractivity contribution in [3.05, 3.63) is 29.8 Å². The van der Waals surface area contributed by atoms with E-state index in [0.717, 1.165) is 30.9 Å². The fourth-order valence-corrected chi connectivity index (χ4v) is 2.11. The number of hydrogen-bond acceptors (Lipinski definition) is 3. The molecule has 6 heteroatoms. The van der Waals surface area contributed by atoms with Gasteiger partial charge < -0.3 is 15.7 Å². The number of nitrogens with two attached hydrogens (primary N) is 1. The second kappa shape index (κ2) is 12.7. The SMILES string of the molecule is CCN.O=C(O)CCc1ccc(N(CCCl)CCCl)cc1. The summed E-state index contributed by atoms with van der Waals surface area (Å²) in [5.41, 5.74) is 6.94. The molecule has 1 aromatic rings. The quantitative estimate of drug-likeness (QED) is 0.717. The Hall–Kier alpha value is -0.970. The summed E-state index contributed by atoms with van der Waals surface area (Å²) in [6.45, 7) is 4.16. The van der Waals surface area contributed by atoms with Crippen molar-refractivity contribution in [1.29, 1.82) is 0 Å². The fraction of sp³-hybridized carbons (Fsp3) is 0.533. The maximum Gasteiger partial charge on any atom is 0.303 e. The van der Waals surface area contributed by atoms with Gasteiger partial charge in [-0.2, -0.15) is 0 Å². The fourth-order valence-electron chi connectivity index (χ4n) is 1.70. The molecular formula is C15H24Cl2N2O2. The highest BCUT2D eigenvalue weighted by atomic mass is 35.5. The number of halogens is 2. The highest BCUT2D eigenvalue weighted by Gasteiger charge is 2.05. The lowest BCUT2D eigenvalue weighted by atomic mass is 10.1. The van der Waals surface area contributed by atoms with Gasteiger partial charge in [-0.15, -0.1) is 23.2 Å². The number of nitrogens with zero attached hydrogens (tertiary/aromatic N) is 1. The Balaban J connectivity index is 0.00000122. The Kier molecular flexibility index (Phi) is 12.2. The van der Waals surface area contributed by atoms with Crippen molar-refractivity contribution < 1.29 is 9.90 Å². The Morgan fingerprint density at radius 1 is 1.19 bits per heavy atom. The molecular weight excluding hydrogens is 311 g/mol. The summed E-state index contributed by atoms with van der Waals surface area (Å²) in [7, 11) is 0. The van der Waals surface area contributed by atoms with Crippen LogP contribution in [0.2, 0.25) is 0 Å². The van der Waals surface area contributed by atoms with E-state index in [4.69, 9.17) is 34.0 Å². The summed E-state index contributed by atoms with van der Waals surface area (Å²) < 4.78 is 0. The molecule has 0 bridgehead atoms. The average molecular weight is 335 g/mol. The van der Waals surface area contributed by atoms with E-state index in [-0.39, 0.29) is 6.42 Å². The van der Waals surface area contributed by atoms with Gasteiger partial charge in [0.05, 0.1) is 0 Å². The molecule has 0 amide bonds. The summed E-state index contributed by atoms with van der Waals surface area (Å²) in [6, 6.07) is 7.87. The largest absolute Gasteiger partial charge is 0.481 e. The third-order valence-corrected chi connectivity index (χ3v) is 2.98. The first-order valence-electron chi connectivity index (χ1n) is 6.96. The molecule has 0 atom stereocenters. The van der Waals surface area contributed by atoms with Crippen LogP contribution in [0.15, 0.2) is 24.3 Å². The first kappa shape index (κ1) is 20.0. The molecule has 0 aliphatic heterocycles. The molecule has 0 aromatic heterocycles. The van der Waals surface area contributed by atoms with E-state index in [1.54, 1.807) is 0 Å². The van der Waals surface area contributed by atoms with Gasteiger partial charge in [-0.1, -0.05) is 19.1 Å². The third kappa shape index (κ3) is 9.56. The highest BCUT2D eigenvalue weighted by molar-refractivity contribution is 6.18. The van der Waals surface area contributed by atoms with E-state index in [0.29, 0.717) is 18.2 Å². The highest BCUT2D eigenvalue weighted by Crippen LogP contribution is 2.16. The number of alkyl halides is 2. The molecule has 0 heterocycles. The van der Waals surface area contributed by atoms with E-state index in [2.05, 4.69) is 4.90 Å². The molecule has 0 fully saturated rings. The molecule has 0 radical (unpaired) electrons. The van der Waals surface area contributed by atoms with Crippen molar-refractivity contribution in [2.75, 3.05) is 36.3 Å². The van der Waals surface area contributed by atoms with Crippen LogP contribution in [-0.4, -0.2) is 42.5 Å². The zero-order valence-electron chi connectivity index (χ0n) is 12.4. The van der Waals surface area contributed by atoms with Crippen molar-refractivity contribution >= 4 is 34.9 Å². The summed E-state index contributed by atoms with van der Waals surface area (Å²) in [4.78, 5) is 12.6. The minimum atomic E-state index is -0.773. The minimum Gasteiger partial charge on any atom is -0.481 e. The van der Waals surface area contributed by atoms with Gasteiger partial charge in [0.25, 0.3) is 0 Å². The van der Waals surface area contributed by atoms with Crippen LogP contribution in [0, 0.1) is 0 Å². The molecule has 3 N–H and O–H groups in total. The summed E-state index contributed by atoms with van der Waals surface area (Å²) >= 11 is 11.5. The maximum atomic E-state index is 10.5. The van der Waals surface area contributed by atoms with Crippen molar-refractivity contribution in [2.45, 2.75) is 19.8 Å². The molecule has 1 rings (SSSR count). The van der Waals surface area contributed by atoms with Gasteiger partial charge in [0, 0.05) is 37.0 Å². The Morgan fingerprint density at radius 2 is 1.67 bits per heavy atom. The monoisotopic (exact) mass is 334 g/mol. The number of rotatable bonds is 8. The normalized spacial score (nSPS) is 9.71. The van der Waals surface area contributed by atoms with E-state index in [9.17, 15) is 4.79 Å². The molecule has 0 aliphatic rings. The first-order chi connectivity index (χ1) is 10.1. The lowest BCUT2D eigenvalue weighted by Crippen LogP contribution is -2.27. The number of carbonyl (C=O) groups is 1. The van der Waals surface area contributed by atoms with E-state index >= 15 is 0 Å². The lowest BCUT2D eigenvalue weighted by Gasteiger charge is -2.23. The zero-order valence-corrected chi connectivity index (χ0v) is 13.9. The predicted molar refractivity (Wildman–Crippen MR) is 90.8 cm³/mol. The predicted octanol–water partition coefficient (Wildman–Crippen LogP) is 2.95. The van der Waals surface area contributed by atoms with Gasteiger partial charge in [0.1, 0.15) is 0 Å². The van der Waals surface area contributed by atoms with E-state index in [1.807, 2.05) is 31.2 Å². The molecule has 0 spiro atoms. The second-order valence-electron chi connectivity index (χ2n) is 4.33. The molecule has 1 aromatic carbocycles. The molecule has 21 heavy (non-hydrogen) atoms. The maximum absolute atomic E-state index is 10.5. The van der Waals surface area contributed by atoms with Gasteiger partial charge in [-0.3, -0.25) is 4.79 Å². The van der Waals surface area contributed by atoms with Gasteiger partial charge in [-0.05, 0) is 30.7 Å². The van der Waals surface area contributed by atoms with Gasteiger partial charge in [0.15, 0.2) is 0 Å². The Morgan fingerprint density at radius 3 is 2.05 bits per heavy atom. The van der Waals surface area contributed by atoms with Crippen LogP contribution >= 0.6 is 23.2 Å². The van der Waals surface area contributed by atoms with E-state index in [1.165, 1.54) is 0 Å². The molecule has 0 saturated carbocycles. The summed E-state index contributed by atoms with van der Waals surface area (Å²) in [6.07, 6.45) is 0.715. The van der Waals surface area contributed by atoms with Crippen molar-refractivity contribution in [3.63, 3.8) is 0 Å². The number of carboxylic acid groups (broad SMARTS) is 1. The van der Waals surface area contributed by atoms with Crippen LogP contribution in [0.3, 0.4) is 0 Å². The van der Waals surface area contributed by atoms with Crippen molar-refractivity contribution in [2.24, 2.45) is 5.73 Å². The number of aliphatic carboxylic acids is 1. The molecule has 0 unspecified atom stereocenters. The minimum absolute atomic E-state index is 0.159. The van der Waals surface area contributed by atoms with Gasteiger partial charge >= 0.3 is 5.97 Å². The molecule has 0 saturated heterocycles. The molecule has 120 valence electrons. The average Bonchev–Trinajstić information content (AvgIpc) is 2.46. The molecule has 0 aliphatic carbocycles. The molecule has 4 nitrogen and oxygen atoms in total. The standard InChI is InChI=1S/C13H17Cl2NO2.C2H7N/c14-7-9-16(10-8-15)12-4-1-11(2-5-12)3-6-13(17)18;1-2-3/h1-2,4-5H,3,6-10H2,(H,17,18);2-3H2,1H3. The number of hydrogen-bond donors (Lipinski definition) is 2. The summed E-state index contributed by atoms with van der Waals surface area (Å²) in [5, 5.41) is 8.62. The van der Waals surface area contributed by atoms with Gasteiger partial charge in [-0.25, -0.2) is 0 Å². The van der Waals surface area contributed by atoms with Crippen molar-refractivity contribution in [3.8, 4) is 0 Å². The van der Waals surface area contributed by atoms with Crippen LogP contribution in [0.25, 0.3) is 0 Å². The number of carboxylic acids is 1. The number of anilines is 1. The first-order valence-corrected chi connectivity index (χ1v) is 8.03. The smallest absolute Gasteiger partial charge is 0.303 e. The van der Waals surface area contributed by atoms with Crippen molar-refractivity contribution in [1.82, 2.24) is 0 Å². The lowest BCUT2D eigenvalue weighted by molar-refractivity contribution is -0.136. The zero-order chi connectivity index (χ0) is 16.1. The Labute approximate surface area is 136 Å². The van der Waals surface area contributed by atoms with Crippen LogP contribution < -0.4 is 10.6 Å². The van der Waals surface area contributed by atoms with Crippen LogP contribution in [0.5, 0.6) is 0 Å². The topological polar surface area (TPSA) is 66.6 Å². The summed E-state index contributed by atoms with van der Waals surface area (Å²) in [5.74, 6) is 0.333. The van der Waals surface area contributed by atoms with Crippen LogP contribution in [0.1, 0.15) is 18.9 Å². The van der Waals surface area contributed by atoms with Gasteiger partial charge in [0.2, 0.25) is 0 Å². The van der Waals surface area contributed by atoms with Crippen LogP contribution in [-0.2, 0) is 11.2 Å². The Bertz CT molecular complexity index is 380. The third-order valence-electron chi connectivity index (χ3n) is 2.64. The van der Waals surface area contributed by atoms with Crippen LogP contribution in [0.4, 0.5) is 5.69 Å².